The van der Waals surface area contributed by atoms with Crippen molar-refractivity contribution in [3.8, 4) is 0 Å². The van der Waals surface area contributed by atoms with Crippen LogP contribution < -0.4 is 10.6 Å². The number of amides is 2. The van der Waals surface area contributed by atoms with Crippen LogP contribution in [0.15, 0.2) is 0 Å². The summed E-state index contributed by atoms with van der Waals surface area (Å²) in [6.07, 6.45) is 1.20. The van der Waals surface area contributed by atoms with Crippen molar-refractivity contribution in [3.05, 3.63) is 0 Å². The van der Waals surface area contributed by atoms with Crippen LogP contribution in [0.4, 0.5) is 4.39 Å². The van der Waals surface area contributed by atoms with E-state index in [1.807, 2.05) is 0 Å². The first-order valence-electron chi connectivity index (χ1n) is 10.0. The van der Waals surface area contributed by atoms with Crippen LogP contribution in [0.5, 0.6) is 0 Å². The fourth-order valence-electron chi connectivity index (χ4n) is 4.41. The standard InChI is InChI=1S/C19H29Cl2FN2O4/c1-27-16-3-2-11(7-15(16)22)28-17-9-14(21)13(20)8-12(17)19(26)24-10-4-5-23-18(25)6-10/h10-17H,2-9H2,1H3,(H,23,25)(H,24,26). The Balaban J connectivity index is 1.61. The number of nitrogens with one attached hydrogen (secondary N) is 2. The molecule has 3 rings (SSSR count). The highest BCUT2D eigenvalue weighted by atomic mass is 35.5. The molecule has 1 aliphatic heterocycles. The van der Waals surface area contributed by atoms with Gasteiger partial charge in [0, 0.05) is 32.5 Å². The number of rotatable bonds is 5. The molecule has 0 aromatic heterocycles. The summed E-state index contributed by atoms with van der Waals surface area (Å²) in [5.74, 6) is -0.685. The number of piperidine rings is 1. The average Bonchev–Trinajstić information content (AvgIpc) is 2.64. The molecule has 2 aliphatic carbocycles. The highest BCUT2D eigenvalue weighted by Gasteiger charge is 2.43. The SMILES string of the molecule is COC1CCC(OC2CC(Cl)C(Cl)CC2C(=O)NC2CCNC(=O)C2)CC1F. The van der Waals surface area contributed by atoms with Crippen molar-refractivity contribution >= 4 is 35.0 Å². The summed E-state index contributed by atoms with van der Waals surface area (Å²) in [6, 6.07) is -0.184. The molecule has 0 aromatic rings. The zero-order chi connectivity index (χ0) is 20.3. The lowest BCUT2D eigenvalue weighted by atomic mass is 9.84. The molecule has 6 nitrogen and oxygen atoms in total. The van der Waals surface area contributed by atoms with Gasteiger partial charge in [-0.25, -0.2) is 4.39 Å². The van der Waals surface area contributed by atoms with Gasteiger partial charge in [0.2, 0.25) is 11.8 Å². The Labute approximate surface area is 175 Å². The molecule has 0 bridgehead atoms. The Morgan fingerprint density at radius 1 is 1.14 bits per heavy atom. The van der Waals surface area contributed by atoms with Gasteiger partial charge in [-0.15, -0.1) is 23.2 Å². The molecule has 8 unspecified atom stereocenters. The largest absolute Gasteiger partial charge is 0.378 e. The van der Waals surface area contributed by atoms with E-state index in [-0.39, 0.29) is 47.6 Å². The van der Waals surface area contributed by atoms with E-state index >= 15 is 0 Å². The Kier molecular flexibility index (Phi) is 7.81. The van der Waals surface area contributed by atoms with Crippen molar-refractivity contribution in [1.29, 1.82) is 0 Å². The molecule has 28 heavy (non-hydrogen) atoms. The topological polar surface area (TPSA) is 76.7 Å². The van der Waals surface area contributed by atoms with E-state index in [0.717, 1.165) is 0 Å². The van der Waals surface area contributed by atoms with Crippen LogP contribution in [0.1, 0.15) is 44.9 Å². The summed E-state index contributed by atoms with van der Waals surface area (Å²) in [7, 11) is 1.52. The number of carbonyl (C=O) groups excluding carboxylic acids is 2. The minimum Gasteiger partial charge on any atom is -0.378 e. The summed E-state index contributed by atoms with van der Waals surface area (Å²) < 4.78 is 25.6. The van der Waals surface area contributed by atoms with Crippen LogP contribution >= 0.6 is 23.2 Å². The molecule has 2 amide bonds. The minimum atomic E-state index is -1.08. The van der Waals surface area contributed by atoms with E-state index in [0.29, 0.717) is 38.6 Å². The summed E-state index contributed by atoms with van der Waals surface area (Å²) in [5, 5.41) is 5.10. The summed E-state index contributed by atoms with van der Waals surface area (Å²) in [6.45, 7) is 0.552. The smallest absolute Gasteiger partial charge is 0.226 e. The third-order valence-corrected chi connectivity index (χ3v) is 7.14. The van der Waals surface area contributed by atoms with Crippen LogP contribution in [0, 0.1) is 5.92 Å². The highest BCUT2D eigenvalue weighted by molar-refractivity contribution is 6.30. The maximum Gasteiger partial charge on any atom is 0.226 e. The predicted molar refractivity (Wildman–Crippen MR) is 104 cm³/mol. The van der Waals surface area contributed by atoms with Crippen molar-refractivity contribution in [2.45, 2.75) is 86.2 Å². The molecule has 0 radical (unpaired) electrons. The lowest BCUT2D eigenvalue weighted by Gasteiger charge is -2.40. The van der Waals surface area contributed by atoms with Gasteiger partial charge in [0.15, 0.2) is 0 Å². The van der Waals surface area contributed by atoms with Crippen LogP contribution in [0.2, 0.25) is 0 Å². The number of carbonyl (C=O) groups is 2. The number of hydrogen-bond donors (Lipinski definition) is 2. The molecule has 160 valence electrons. The van der Waals surface area contributed by atoms with Crippen molar-refractivity contribution in [1.82, 2.24) is 10.6 Å². The molecule has 1 saturated heterocycles. The first-order chi connectivity index (χ1) is 13.4. The second-order valence-electron chi connectivity index (χ2n) is 8.06. The van der Waals surface area contributed by atoms with Gasteiger partial charge in [-0.3, -0.25) is 9.59 Å². The van der Waals surface area contributed by atoms with Gasteiger partial charge < -0.3 is 20.1 Å². The minimum absolute atomic E-state index is 0.0621. The van der Waals surface area contributed by atoms with Gasteiger partial charge in [-0.05, 0) is 32.1 Å². The molecule has 1 heterocycles. The predicted octanol–water partition coefficient (Wildman–Crippen LogP) is 2.30. The molecule has 8 atom stereocenters. The van der Waals surface area contributed by atoms with E-state index in [1.54, 1.807) is 0 Å². The summed E-state index contributed by atoms with van der Waals surface area (Å²) in [5.41, 5.74) is 0. The molecule has 3 fully saturated rings. The Bertz CT molecular complexity index is 570. The fourth-order valence-corrected chi connectivity index (χ4v) is 4.98. The lowest BCUT2D eigenvalue weighted by Crippen LogP contribution is -2.52. The van der Waals surface area contributed by atoms with Crippen molar-refractivity contribution in [3.63, 3.8) is 0 Å². The number of hydrogen-bond acceptors (Lipinski definition) is 4. The Morgan fingerprint density at radius 3 is 2.57 bits per heavy atom. The summed E-state index contributed by atoms with van der Waals surface area (Å²) in [4.78, 5) is 24.5. The quantitative estimate of drug-likeness (QED) is 0.645. The molecule has 9 heteroatoms. The molecule has 0 aromatic carbocycles. The highest BCUT2D eigenvalue weighted by Crippen LogP contribution is 2.37. The normalized spacial score (nSPS) is 41.9. The van der Waals surface area contributed by atoms with Crippen LogP contribution in [0.25, 0.3) is 0 Å². The number of halogens is 3. The first-order valence-corrected chi connectivity index (χ1v) is 10.9. The van der Waals surface area contributed by atoms with Crippen LogP contribution in [-0.4, -0.2) is 66.7 Å². The van der Waals surface area contributed by atoms with E-state index in [2.05, 4.69) is 10.6 Å². The van der Waals surface area contributed by atoms with Gasteiger partial charge >= 0.3 is 0 Å². The number of alkyl halides is 3. The maximum atomic E-state index is 14.2. The Hall–Kier alpha value is -0.630. The first kappa shape index (κ1) is 22.1. The fraction of sp³-hybridized carbons (Fsp3) is 0.895. The van der Waals surface area contributed by atoms with E-state index in [1.165, 1.54) is 7.11 Å². The average molecular weight is 439 g/mol. The molecule has 3 aliphatic rings. The monoisotopic (exact) mass is 438 g/mol. The second-order valence-corrected chi connectivity index (χ2v) is 9.18. The van der Waals surface area contributed by atoms with Gasteiger partial charge in [0.05, 0.1) is 35.0 Å². The molecule has 2 N–H and O–H groups in total. The third-order valence-electron chi connectivity index (χ3n) is 6.04. The number of methoxy groups -OCH3 is 1. The van der Waals surface area contributed by atoms with Gasteiger partial charge in [-0.2, -0.15) is 0 Å². The van der Waals surface area contributed by atoms with Crippen LogP contribution in [-0.2, 0) is 19.1 Å². The summed E-state index contributed by atoms with van der Waals surface area (Å²) >= 11 is 12.7. The lowest BCUT2D eigenvalue weighted by molar-refractivity contribution is -0.141. The zero-order valence-corrected chi connectivity index (χ0v) is 17.6. The van der Waals surface area contributed by atoms with E-state index in [9.17, 15) is 14.0 Å². The molecule has 0 spiro atoms. The number of ether oxygens (including phenoxy) is 2. The van der Waals surface area contributed by atoms with Crippen molar-refractivity contribution in [2.24, 2.45) is 5.92 Å². The van der Waals surface area contributed by atoms with Crippen molar-refractivity contribution < 1.29 is 23.5 Å². The van der Waals surface area contributed by atoms with Crippen molar-refractivity contribution in [2.75, 3.05) is 13.7 Å². The van der Waals surface area contributed by atoms with Gasteiger partial charge in [0.1, 0.15) is 6.17 Å². The second kappa shape index (κ2) is 9.92. The van der Waals surface area contributed by atoms with Gasteiger partial charge in [0.25, 0.3) is 0 Å². The zero-order valence-electron chi connectivity index (χ0n) is 16.0. The van der Waals surface area contributed by atoms with Crippen LogP contribution in [0.3, 0.4) is 0 Å². The van der Waals surface area contributed by atoms with E-state index in [4.69, 9.17) is 32.7 Å². The third kappa shape index (κ3) is 5.49. The molecular weight excluding hydrogens is 410 g/mol. The molecule has 2 saturated carbocycles. The molecular formula is C19H29Cl2FN2O4. The Morgan fingerprint density at radius 2 is 1.89 bits per heavy atom. The maximum absolute atomic E-state index is 14.2. The van der Waals surface area contributed by atoms with Gasteiger partial charge in [-0.1, -0.05) is 0 Å². The van der Waals surface area contributed by atoms with E-state index < -0.39 is 24.3 Å².